The van der Waals surface area contributed by atoms with Crippen LogP contribution in [0.15, 0.2) is 0 Å². The van der Waals surface area contributed by atoms with Gasteiger partial charge in [-0.25, -0.2) is 9.97 Å². The third-order valence-electron chi connectivity index (χ3n) is 3.64. The maximum atomic E-state index is 4.80. The van der Waals surface area contributed by atoms with E-state index < -0.39 is 0 Å². The number of hydrogen-bond acceptors (Lipinski definition) is 4. The second-order valence-corrected chi connectivity index (χ2v) is 5.29. The number of nitrogens with zero attached hydrogens (tertiary/aromatic N) is 3. The first kappa shape index (κ1) is 11.0. The number of fused-ring (bicyclic) bond motifs is 1. The lowest BCUT2D eigenvalue weighted by Gasteiger charge is -2.19. The molecular weight excluding hydrogens is 212 g/mol. The molecular formula is C13H20N4. The highest BCUT2D eigenvalue weighted by Gasteiger charge is 2.23. The van der Waals surface area contributed by atoms with E-state index >= 15 is 0 Å². The Labute approximate surface area is 102 Å². The van der Waals surface area contributed by atoms with Crippen molar-refractivity contribution in [2.75, 3.05) is 18.0 Å². The van der Waals surface area contributed by atoms with E-state index in [1.807, 2.05) is 0 Å². The zero-order valence-electron chi connectivity index (χ0n) is 10.7. The lowest BCUT2D eigenvalue weighted by molar-refractivity contribution is 0.746. The van der Waals surface area contributed by atoms with Crippen LogP contribution in [0.25, 0.3) is 0 Å². The van der Waals surface area contributed by atoms with Crippen LogP contribution in [0.3, 0.4) is 0 Å². The van der Waals surface area contributed by atoms with E-state index in [1.165, 1.54) is 29.8 Å². The van der Waals surface area contributed by atoms with E-state index in [9.17, 15) is 0 Å². The number of hydrogen-bond donors (Lipinski definition) is 1. The lowest BCUT2D eigenvalue weighted by atomic mass is 10.0. The van der Waals surface area contributed by atoms with Gasteiger partial charge in [0.2, 0.25) is 5.95 Å². The summed E-state index contributed by atoms with van der Waals surface area (Å²) in [6.45, 7) is 8.50. The molecule has 1 saturated heterocycles. The largest absolute Gasteiger partial charge is 0.341 e. The minimum atomic E-state index is 0.480. The van der Waals surface area contributed by atoms with Gasteiger partial charge in [-0.15, -0.1) is 0 Å². The summed E-state index contributed by atoms with van der Waals surface area (Å²) < 4.78 is 0. The average molecular weight is 232 g/mol. The lowest BCUT2D eigenvalue weighted by Crippen LogP contribution is -2.22. The second kappa shape index (κ2) is 4.26. The van der Waals surface area contributed by atoms with Crippen LogP contribution >= 0.6 is 0 Å². The molecule has 17 heavy (non-hydrogen) atoms. The summed E-state index contributed by atoms with van der Waals surface area (Å²) in [5.41, 5.74) is 3.79. The fourth-order valence-electron chi connectivity index (χ4n) is 2.72. The Bertz CT molecular complexity index is 422. The van der Waals surface area contributed by atoms with Crippen LogP contribution in [-0.4, -0.2) is 23.1 Å². The summed E-state index contributed by atoms with van der Waals surface area (Å²) in [4.78, 5) is 11.9. The normalized spacial score (nSPS) is 19.1. The summed E-state index contributed by atoms with van der Waals surface area (Å²) in [6.07, 6.45) is 2.55. The predicted molar refractivity (Wildman–Crippen MR) is 68.1 cm³/mol. The van der Waals surface area contributed by atoms with Crippen molar-refractivity contribution in [2.45, 2.75) is 45.7 Å². The topological polar surface area (TPSA) is 41.1 Å². The van der Waals surface area contributed by atoms with Gasteiger partial charge in [0.15, 0.2) is 0 Å². The van der Waals surface area contributed by atoms with E-state index in [0.717, 1.165) is 32.1 Å². The molecule has 0 amide bonds. The second-order valence-electron chi connectivity index (χ2n) is 5.29. The molecule has 3 rings (SSSR count). The molecule has 1 fully saturated rings. The van der Waals surface area contributed by atoms with Gasteiger partial charge in [-0.1, -0.05) is 13.8 Å². The molecule has 0 aliphatic carbocycles. The van der Waals surface area contributed by atoms with Crippen molar-refractivity contribution >= 4 is 5.95 Å². The fraction of sp³-hybridized carbons (Fsp3) is 0.692. The Morgan fingerprint density at radius 1 is 1.12 bits per heavy atom. The van der Waals surface area contributed by atoms with Gasteiger partial charge in [0.05, 0.1) is 11.4 Å². The maximum absolute atomic E-state index is 4.80. The van der Waals surface area contributed by atoms with Crippen molar-refractivity contribution in [1.29, 1.82) is 0 Å². The van der Waals surface area contributed by atoms with Crippen molar-refractivity contribution in [3.63, 3.8) is 0 Å². The zero-order valence-corrected chi connectivity index (χ0v) is 10.7. The van der Waals surface area contributed by atoms with Gasteiger partial charge >= 0.3 is 0 Å². The Hall–Kier alpha value is -1.16. The van der Waals surface area contributed by atoms with E-state index in [4.69, 9.17) is 9.97 Å². The van der Waals surface area contributed by atoms with Crippen molar-refractivity contribution < 1.29 is 0 Å². The molecule has 0 atom stereocenters. The smallest absolute Gasteiger partial charge is 0.225 e. The Balaban J connectivity index is 2.02. The average Bonchev–Trinajstić information content (AvgIpc) is 2.98. The number of aromatic nitrogens is 2. The van der Waals surface area contributed by atoms with Crippen molar-refractivity contribution in [1.82, 2.24) is 15.3 Å². The van der Waals surface area contributed by atoms with E-state index in [2.05, 4.69) is 24.1 Å². The Morgan fingerprint density at radius 2 is 1.88 bits per heavy atom. The van der Waals surface area contributed by atoms with Crippen LogP contribution in [0.4, 0.5) is 5.95 Å². The summed E-state index contributed by atoms with van der Waals surface area (Å²) in [6, 6.07) is 0. The Morgan fingerprint density at radius 3 is 2.59 bits per heavy atom. The van der Waals surface area contributed by atoms with Crippen LogP contribution in [0.5, 0.6) is 0 Å². The molecule has 1 N–H and O–H groups in total. The first-order valence-corrected chi connectivity index (χ1v) is 6.61. The molecule has 2 aliphatic heterocycles. The molecule has 0 saturated carbocycles. The van der Waals surface area contributed by atoms with Gasteiger partial charge in [-0.3, -0.25) is 0 Å². The third-order valence-corrected chi connectivity index (χ3v) is 3.64. The molecule has 0 bridgehead atoms. The minimum Gasteiger partial charge on any atom is -0.341 e. The first-order valence-electron chi connectivity index (χ1n) is 6.61. The predicted octanol–water partition coefficient (Wildman–Crippen LogP) is 1.80. The summed E-state index contributed by atoms with van der Waals surface area (Å²) in [7, 11) is 0. The van der Waals surface area contributed by atoms with Crippen molar-refractivity contribution in [2.24, 2.45) is 0 Å². The van der Waals surface area contributed by atoms with Gasteiger partial charge in [0.25, 0.3) is 0 Å². The molecule has 92 valence electrons. The standard InChI is InChI=1S/C13H20N4/c1-9(2)12-10-7-14-8-11(10)15-13(16-12)17-5-3-4-6-17/h9,14H,3-8H2,1-2H3. The molecule has 4 heteroatoms. The van der Waals surface area contributed by atoms with Crippen LogP contribution < -0.4 is 10.2 Å². The van der Waals surface area contributed by atoms with E-state index in [1.54, 1.807) is 0 Å². The highest BCUT2D eigenvalue weighted by molar-refractivity contribution is 5.40. The van der Waals surface area contributed by atoms with Gasteiger partial charge in [-0.2, -0.15) is 0 Å². The quantitative estimate of drug-likeness (QED) is 0.844. The molecule has 0 spiro atoms. The number of anilines is 1. The third kappa shape index (κ3) is 1.90. The van der Waals surface area contributed by atoms with Crippen LogP contribution in [-0.2, 0) is 13.1 Å². The van der Waals surface area contributed by atoms with E-state index in [0.29, 0.717) is 5.92 Å². The Kier molecular flexibility index (Phi) is 2.74. The SMILES string of the molecule is CC(C)c1nc(N2CCCC2)nc2c1CNC2. The van der Waals surface area contributed by atoms with Gasteiger partial charge in [-0.05, 0) is 18.8 Å². The molecule has 2 aliphatic rings. The first-order chi connectivity index (χ1) is 8.25. The van der Waals surface area contributed by atoms with Gasteiger partial charge < -0.3 is 10.2 Å². The fourth-order valence-corrected chi connectivity index (χ4v) is 2.72. The zero-order chi connectivity index (χ0) is 11.8. The maximum Gasteiger partial charge on any atom is 0.225 e. The summed E-state index contributed by atoms with van der Waals surface area (Å²) in [5, 5.41) is 3.38. The molecule has 3 heterocycles. The van der Waals surface area contributed by atoms with Crippen LogP contribution in [0.2, 0.25) is 0 Å². The number of rotatable bonds is 2. The number of nitrogens with one attached hydrogen (secondary N) is 1. The van der Waals surface area contributed by atoms with Gasteiger partial charge in [0, 0.05) is 31.7 Å². The summed E-state index contributed by atoms with van der Waals surface area (Å²) >= 11 is 0. The molecule has 0 unspecified atom stereocenters. The molecule has 0 radical (unpaired) electrons. The molecule has 1 aromatic rings. The van der Waals surface area contributed by atoms with Crippen molar-refractivity contribution in [3.8, 4) is 0 Å². The van der Waals surface area contributed by atoms with E-state index in [-0.39, 0.29) is 0 Å². The molecule has 1 aromatic heterocycles. The monoisotopic (exact) mass is 232 g/mol. The molecule has 4 nitrogen and oxygen atoms in total. The van der Waals surface area contributed by atoms with Crippen molar-refractivity contribution in [3.05, 3.63) is 17.0 Å². The van der Waals surface area contributed by atoms with Crippen LogP contribution in [0.1, 0.15) is 49.6 Å². The highest BCUT2D eigenvalue weighted by Crippen LogP contribution is 2.27. The van der Waals surface area contributed by atoms with Crippen LogP contribution in [0, 0.1) is 0 Å². The molecule has 0 aromatic carbocycles. The summed E-state index contributed by atoms with van der Waals surface area (Å²) in [5.74, 6) is 1.43. The minimum absolute atomic E-state index is 0.480. The highest BCUT2D eigenvalue weighted by atomic mass is 15.3. The van der Waals surface area contributed by atoms with Gasteiger partial charge in [0.1, 0.15) is 0 Å².